The Hall–Kier alpha value is -1.10. The molecule has 5 nitrogen and oxygen atoms in total. The number of rotatable bonds is 18. The van der Waals surface area contributed by atoms with Gasteiger partial charge in [0.25, 0.3) is 0 Å². The van der Waals surface area contributed by atoms with Crippen molar-refractivity contribution in [3.05, 3.63) is 0 Å². The van der Waals surface area contributed by atoms with E-state index in [1.54, 1.807) is 0 Å². The van der Waals surface area contributed by atoms with Crippen LogP contribution in [0.1, 0.15) is 112 Å². The SMILES string of the molecule is CC(C)(C)OC(=O)CCCCCCCCOCCCCCCCCC(=O)O.[HH]. The summed E-state index contributed by atoms with van der Waals surface area (Å²) in [4.78, 5) is 22.0. The fourth-order valence-electron chi connectivity index (χ4n) is 2.86. The molecule has 0 aromatic rings. The number of esters is 1. The van der Waals surface area contributed by atoms with Gasteiger partial charge in [0.05, 0.1) is 0 Å². The average Bonchev–Trinajstić information content (AvgIpc) is 2.55. The molecular weight excluding hydrogens is 344 g/mol. The topological polar surface area (TPSA) is 72.8 Å². The second-order valence-corrected chi connectivity index (χ2v) is 8.34. The number of carbonyl (C=O) groups excluding carboxylic acids is 1. The monoisotopic (exact) mass is 388 g/mol. The maximum atomic E-state index is 11.6. The van der Waals surface area contributed by atoms with Gasteiger partial charge in [-0.2, -0.15) is 0 Å². The van der Waals surface area contributed by atoms with Gasteiger partial charge in [-0.25, -0.2) is 0 Å². The molecule has 0 atom stereocenters. The maximum Gasteiger partial charge on any atom is 0.306 e. The van der Waals surface area contributed by atoms with E-state index in [9.17, 15) is 9.59 Å². The second kappa shape index (κ2) is 17.0. The number of aliphatic carboxylic acids is 1. The van der Waals surface area contributed by atoms with Crippen molar-refractivity contribution in [3.63, 3.8) is 0 Å². The third-order valence-corrected chi connectivity index (χ3v) is 4.27. The van der Waals surface area contributed by atoms with Crippen LogP contribution in [0, 0.1) is 0 Å². The Bertz CT molecular complexity index is 380. The molecule has 0 aromatic carbocycles. The number of hydrogen-bond acceptors (Lipinski definition) is 4. The highest BCUT2D eigenvalue weighted by Crippen LogP contribution is 2.12. The van der Waals surface area contributed by atoms with Crippen molar-refractivity contribution in [2.75, 3.05) is 13.2 Å². The molecule has 27 heavy (non-hydrogen) atoms. The normalized spacial score (nSPS) is 11.5. The molecule has 0 aliphatic heterocycles. The van der Waals surface area contributed by atoms with E-state index in [4.69, 9.17) is 14.6 Å². The first-order valence-corrected chi connectivity index (χ1v) is 10.8. The lowest BCUT2D eigenvalue weighted by molar-refractivity contribution is -0.155. The van der Waals surface area contributed by atoms with Crippen molar-refractivity contribution in [1.29, 1.82) is 0 Å². The van der Waals surface area contributed by atoms with Crippen LogP contribution in [-0.4, -0.2) is 35.9 Å². The molecule has 0 radical (unpaired) electrons. The Morgan fingerprint density at radius 1 is 0.704 bits per heavy atom. The number of ether oxygens (including phenoxy) is 2. The van der Waals surface area contributed by atoms with E-state index in [0.717, 1.165) is 58.2 Å². The Balaban J connectivity index is 0. The van der Waals surface area contributed by atoms with Crippen molar-refractivity contribution in [2.45, 2.75) is 116 Å². The van der Waals surface area contributed by atoms with Gasteiger partial charge in [0, 0.05) is 27.5 Å². The summed E-state index contributed by atoms with van der Waals surface area (Å²) in [7, 11) is 0. The minimum atomic E-state index is -0.691. The number of carboxylic acids is 1. The zero-order valence-corrected chi connectivity index (χ0v) is 17.9. The van der Waals surface area contributed by atoms with E-state index in [0.29, 0.717) is 12.8 Å². The third kappa shape index (κ3) is 22.9. The van der Waals surface area contributed by atoms with Crippen molar-refractivity contribution in [3.8, 4) is 0 Å². The first-order valence-electron chi connectivity index (χ1n) is 10.8. The van der Waals surface area contributed by atoms with Gasteiger partial charge in [0.1, 0.15) is 5.60 Å². The molecule has 1 N–H and O–H groups in total. The van der Waals surface area contributed by atoms with E-state index < -0.39 is 5.97 Å². The van der Waals surface area contributed by atoms with Crippen LogP contribution in [0.4, 0.5) is 0 Å². The van der Waals surface area contributed by atoms with Crippen molar-refractivity contribution < 1.29 is 25.6 Å². The summed E-state index contributed by atoms with van der Waals surface area (Å²) >= 11 is 0. The molecule has 0 heterocycles. The molecule has 0 amide bonds. The molecule has 0 aliphatic rings. The first-order chi connectivity index (χ1) is 12.8. The molecule has 0 rings (SSSR count). The molecule has 0 aromatic heterocycles. The lowest BCUT2D eigenvalue weighted by Gasteiger charge is -2.19. The lowest BCUT2D eigenvalue weighted by atomic mass is 10.1. The van der Waals surface area contributed by atoms with E-state index in [-0.39, 0.29) is 13.0 Å². The summed E-state index contributed by atoms with van der Waals surface area (Å²) in [6, 6.07) is 0. The van der Waals surface area contributed by atoms with Gasteiger partial charge in [-0.05, 0) is 46.5 Å². The fraction of sp³-hybridized carbons (Fsp3) is 0.909. The van der Waals surface area contributed by atoms with Crippen LogP contribution in [0.3, 0.4) is 0 Å². The highest BCUT2D eigenvalue weighted by Gasteiger charge is 2.15. The predicted octanol–water partition coefficient (Wildman–Crippen LogP) is 6.14. The maximum absolute atomic E-state index is 11.6. The molecule has 0 fully saturated rings. The van der Waals surface area contributed by atoms with Crippen LogP contribution >= 0.6 is 0 Å². The Labute approximate surface area is 167 Å². The van der Waals surface area contributed by atoms with Gasteiger partial charge < -0.3 is 14.6 Å². The van der Waals surface area contributed by atoms with Crippen molar-refractivity contribution >= 4 is 11.9 Å². The van der Waals surface area contributed by atoms with Gasteiger partial charge >= 0.3 is 11.9 Å². The summed E-state index contributed by atoms with van der Waals surface area (Å²) in [6.45, 7) is 7.38. The molecular formula is C22H44O5. The van der Waals surface area contributed by atoms with E-state index in [1.807, 2.05) is 20.8 Å². The Morgan fingerprint density at radius 3 is 1.56 bits per heavy atom. The predicted molar refractivity (Wildman–Crippen MR) is 111 cm³/mol. The number of hydrogen-bond donors (Lipinski definition) is 1. The Kier molecular flexibility index (Phi) is 16.3. The number of carbonyl (C=O) groups is 2. The van der Waals surface area contributed by atoms with Gasteiger partial charge in [-0.1, -0.05) is 51.4 Å². The van der Waals surface area contributed by atoms with Crippen LogP contribution in [-0.2, 0) is 19.1 Å². The van der Waals surface area contributed by atoms with Crippen LogP contribution < -0.4 is 0 Å². The van der Waals surface area contributed by atoms with Gasteiger partial charge in [0.2, 0.25) is 0 Å². The standard InChI is InChI=1S/C22H42O5.H2/c1-22(2,3)27-21(25)17-13-9-5-7-11-15-19-26-18-14-10-6-4-8-12-16-20(23)24;/h4-19H2,1-3H3,(H,23,24);1H. The summed E-state index contributed by atoms with van der Waals surface area (Å²) < 4.78 is 11.0. The first kappa shape index (κ1) is 25.9. The van der Waals surface area contributed by atoms with Crippen molar-refractivity contribution in [2.24, 2.45) is 0 Å². The van der Waals surface area contributed by atoms with Gasteiger partial charge in [-0.3, -0.25) is 9.59 Å². The summed E-state index contributed by atoms with van der Waals surface area (Å²) in [6.07, 6.45) is 13.9. The zero-order valence-electron chi connectivity index (χ0n) is 17.9. The highest BCUT2D eigenvalue weighted by molar-refractivity contribution is 5.69. The largest absolute Gasteiger partial charge is 0.481 e. The molecule has 0 aliphatic carbocycles. The molecule has 5 heteroatoms. The molecule has 0 unspecified atom stereocenters. The molecule has 0 bridgehead atoms. The molecule has 0 saturated heterocycles. The summed E-state index contributed by atoms with van der Waals surface area (Å²) in [5.41, 5.74) is -0.376. The second-order valence-electron chi connectivity index (χ2n) is 8.34. The number of carboxylic acid groups (broad SMARTS) is 1. The lowest BCUT2D eigenvalue weighted by Crippen LogP contribution is -2.23. The van der Waals surface area contributed by atoms with Crippen LogP contribution in [0.15, 0.2) is 0 Å². The molecule has 0 spiro atoms. The fourth-order valence-corrected chi connectivity index (χ4v) is 2.86. The molecule has 0 saturated carbocycles. The smallest absolute Gasteiger partial charge is 0.306 e. The van der Waals surface area contributed by atoms with Crippen LogP contribution in [0.25, 0.3) is 0 Å². The third-order valence-electron chi connectivity index (χ3n) is 4.27. The quantitative estimate of drug-likeness (QED) is 0.226. The number of unbranched alkanes of at least 4 members (excludes halogenated alkanes) is 10. The minimum absolute atomic E-state index is 0. The minimum Gasteiger partial charge on any atom is -0.481 e. The van der Waals surface area contributed by atoms with Crippen LogP contribution in [0.2, 0.25) is 0 Å². The summed E-state index contributed by atoms with van der Waals surface area (Å²) in [5, 5.41) is 8.55. The van der Waals surface area contributed by atoms with E-state index >= 15 is 0 Å². The van der Waals surface area contributed by atoms with Crippen molar-refractivity contribution in [1.82, 2.24) is 0 Å². The average molecular weight is 389 g/mol. The summed E-state index contributed by atoms with van der Waals surface area (Å²) in [5.74, 6) is -0.777. The van der Waals surface area contributed by atoms with Gasteiger partial charge in [0.15, 0.2) is 0 Å². The Morgan fingerprint density at radius 2 is 1.11 bits per heavy atom. The molecule has 162 valence electrons. The van der Waals surface area contributed by atoms with Gasteiger partial charge in [-0.15, -0.1) is 0 Å². The van der Waals surface area contributed by atoms with E-state index in [1.165, 1.54) is 32.1 Å². The van der Waals surface area contributed by atoms with E-state index in [2.05, 4.69) is 0 Å². The van der Waals surface area contributed by atoms with Crippen LogP contribution in [0.5, 0.6) is 0 Å². The highest BCUT2D eigenvalue weighted by atomic mass is 16.6. The zero-order chi connectivity index (χ0) is 20.4.